The van der Waals surface area contributed by atoms with Gasteiger partial charge in [0, 0.05) is 12.6 Å². The Morgan fingerprint density at radius 3 is 2.50 bits per heavy atom. The van der Waals surface area contributed by atoms with Crippen molar-refractivity contribution in [1.82, 2.24) is 4.98 Å². The molecule has 1 heterocycles. The number of halogens is 2. The molecule has 70 valence electrons. The molecule has 5 heteroatoms. The lowest BCUT2D eigenvalue weighted by Gasteiger charge is -2.01. The molecule has 1 aromatic heterocycles. The van der Waals surface area contributed by atoms with Crippen molar-refractivity contribution in [3.8, 4) is 12.1 Å². The van der Waals surface area contributed by atoms with Crippen molar-refractivity contribution >= 4 is 23.2 Å². The van der Waals surface area contributed by atoms with Crippen LogP contribution in [0.1, 0.15) is 5.56 Å². The first-order valence-electron chi connectivity index (χ1n) is 3.76. The zero-order chi connectivity index (χ0) is 10.6. The molecule has 0 spiro atoms. The molecule has 14 heavy (non-hydrogen) atoms. The first-order valence-corrected chi connectivity index (χ1v) is 4.52. The SMILES string of the molecule is N#CC(C#N)Cc1cnc(Cl)c(Cl)c1. The van der Waals surface area contributed by atoms with Gasteiger partial charge in [-0.2, -0.15) is 10.5 Å². The number of aromatic nitrogens is 1. The third kappa shape index (κ3) is 2.60. The van der Waals surface area contributed by atoms with Gasteiger partial charge in [-0.05, 0) is 11.6 Å². The molecule has 0 saturated carbocycles. The number of hydrogen-bond acceptors (Lipinski definition) is 3. The van der Waals surface area contributed by atoms with Crippen LogP contribution in [-0.4, -0.2) is 4.98 Å². The predicted molar refractivity (Wildman–Crippen MR) is 52.7 cm³/mol. The van der Waals surface area contributed by atoms with Gasteiger partial charge in [0.05, 0.1) is 17.2 Å². The number of hydrogen-bond donors (Lipinski definition) is 0. The second kappa shape index (κ2) is 4.81. The standard InChI is InChI=1S/C9H5Cl2N3/c10-8-2-6(5-14-9(8)11)1-7(3-12)4-13/h2,5,7H,1H2. The van der Waals surface area contributed by atoms with Gasteiger partial charge in [0.15, 0.2) is 0 Å². The van der Waals surface area contributed by atoms with Crippen molar-refractivity contribution in [3.63, 3.8) is 0 Å². The molecule has 0 saturated heterocycles. The van der Waals surface area contributed by atoms with Crippen LogP contribution in [0.25, 0.3) is 0 Å². The Balaban J connectivity index is 2.85. The highest BCUT2D eigenvalue weighted by atomic mass is 35.5. The molecule has 3 nitrogen and oxygen atoms in total. The van der Waals surface area contributed by atoms with Gasteiger partial charge in [0.2, 0.25) is 0 Å². The normalized spacial score (nSPS) is 9.50. The Bertz CT molecular complexity index is 403. The fraction of sp³-hybridized carbons (Fsp3) is 0.222. The second-order valence-electron chi connectivity index (χ2n) is 2.63. The van der Waals surface area contributed by atoms with Gasteiger partial charge in [-0.25, -0.2) is 4.98 Å². The fourth-order valence-electron chi connectivity index (χ4n) is 0.928. The fourth-order valence-corrected chi connectivity index (χ4v) is 1.22. The second-order valence-corrected chi connectivity index (χ2v) is 3.40. The van der Waals surface area contributed by atoms with Crippen LogP contribution in [0.2, 0.25) is 10.2 Å². The summed E-state index contributed by atoms with van der Waals surface area (Å²) in [5, 5.41) is 17.7. The zero-order valence-corrected chi connectivity index (χ0v) is 8.55. The number of pyridine rings is 1. The van der Waals surface area contributed by atoms with Gasteiger partial charge in [-0.1, -0.05) is 23.2 Å². The van der Waals surface area contributed by atoms with E-state index in [1.54, 1.807) is 6.07 Å². The van der Waals surface area contributed by atoms with E-state index in [1.165, 1.54) is 6.20 Å². The molecule has 0 aliphatic carbocycles. The number of rotatable bonds is 2. The van der Waals surface area contributed by atoms with Crippen LogP contribution in [0, 0.1) is 28.6 Å². The van der Waals surface area contributed by atoms with Crippen LogP contribution in [0.5, 0.6) is 0 Å². The maximum absolute atomic E-state index is 8.56. The van der Waals surface area contributed by atoms with E-state index in [-0.39, 0.29) is 5.15 Å². The van der Waals surface area contributed by atoms with Crippen molar-refractivity contribution < 1.29 is 0 Å². The smallest absolute Gasteiger partial charge is 0.147 e. The third-order valence-corrected chi connectivity index (χ3v) is 2.29. The molecule has 0 N–H and O–H groups in total. The summed E-state index contributed by atoms with van der Waals surface area (Å²) >= 11 is 11.3. The van der Waals surface area contributed by atoms with E-state index in [0.717, 1.165) is 5.56 Å². The molecule has 0 amide bonds. The predicted octanol–water partition coefficient (Wildman–Crippen LogP) is 2.59. The van der Waals surface area contributed by atoms with E-state index in [9.17, 15) is 0 Å². The van der Waals surface area contributed by atoms with Crippen molar-refractivity contribution in [1.29, 1.82) is 10.5 Å². The van der Waals surface area contributed by atoms with E-state index in [0.29, 0.717) is 11.4 Å². The summed E-state index contributed by atoms with van der Waals surface area (Å²) in [5.41, 5.74) is 0.729. The summed E-state index contributed by atoms with van der Waals surface area (Å²) in [7, 11) is 0. The Hall–Kier alpha value is -1.29. The summed E-state index contributed by atoms with van der Waals surface area (Å²) in [4.78, 5) is 3.81. The van der Waals surface area contributed by atoms with Crippen LogP contribution in [-0.2, 0) is 6.42 Å². The van der Waals surface area contributed by atoms with Crippen LogP contribution in [0.3, 0.4) is 0 Å². The van der Waals surface area contributed by atoms with E-state index >= 15 is 0 Å². The van der Waals surface area contributed by atoms with E-state index in [2.05, 4.69) is 4.98 Å². The average Bonchev–Trinajstić information content (AvgIpc) is 2.19. The van der Waals surface area contributed by atoms with Gasteiger partial charge >= 0.3 is 0 Å². The molecule has 0 unspecified atom stereocenters. The van der Waals surface area contributed by atoms with E-state index < -0.39 is 5.92 Å². The minimum Gasteiger partial charge on any atom is -0.243 e. The molecular formula is C9H5Cl2N3. The Morgan fingerprint density at radius 1 is 1.36 bits per heavy atom. The largest absolute Gasteiger partial charge is 0.243 e. The van der Waals surface area contributed by atoms with Crippen molar-refractivity contribution in [2.75, 3.05) is 0 Å². The summed E-state index contributed by atoms with van der Waals surface area (Å²) in [6.07, 6.45) is 1.83. The van der Waals surface area contributed by atoms with Gasteiger partial charge in [-0.15, -0.1) is 0 Å². The van der Waals surface area contributed by atoms with E-state index in [4.69, 9.17) is 33.7 Å². The van der Waals surface area contributed by atoms with Crippen LogP contribution in [0.15, 0.2) is 12.3 Å². The van der Waals surface area contributed by atoms with Crippen LogP contribution >= 0.6 is 23.2 Å². The zero-order valence-electron chi connectivity index (χ0n) is 7.04. The third-order valence-electron chi connectivity index (χ3n) is 1.60. The maximum Gasteiger partial charge on any atom is 0.147 e. The molecule has 1 rings (SSSR count). The summed E-state index contributed by atoms with van der Waals surface area (Å²) < 4.78 is 0. The summed E-state index contributed by atoms with van der Waals surface area (Å²) in [6, 6.07) is 5.35. The molecule has 0 aromatic carbocycles. The van der Waals surface area contributed by atoms with Gasteiger partial charge in [-0.3, -0.25) is 0 Å². The van der Waals surface area contributed by atoms with Crippen LogP contribution in [0.4, 0.5) is 0 Å². The van der Waals surface area contributed by atoms with Gasteiger partial charge in [0.1, 0.15) is 11.1 Å². The lowest BCUT2D eigenvalue weighted by molar-refractivity contribution is 0.829. The summed E-state index contributed by atoms with van der Waals surface area (Å²) in [6.45, 7) is 0. The molecular weight excluding hydrogens is 221 g/mol. The quantitative estimate of drug-likeness (QED) is 0.728. The lowest BCUT2D eigenvalue weighted by Crippen LogP contribution is -1.99. The Labute approximate surface area is 91.5 Å². The molecule has 1 aromatic rings. The molecule has 0 aliphatic heterocycles. The van der Waals surface area contributed by atoms with Crippen LogP contribution < -0.4 is 0 Å². The Morgan fingerprint density at radius 2 is 2.00 bits per heavy atom. The first kappa shape index (κ1) is 10.8. The van der Waals surface area contributed by atoms with Crippen molar-refractivity contribution in [2.24, 2.45) is 5.92 Å². The monoisotopic (exact) mass is 225 g/mol. The lowest BCUT2D eigenvalue weighted by atomic mass is 10.0. The maximum atomic E-state index is 8.56. The first-order chi connectivity index (χ1) is 6.67. The molecule has 0 bridgehead atoms. The average molecular weight is 226 g/mol. The molecule has 0 atom stereocenters. The minimum atomic E-state index is -0.672. The molecule has 0 fully saturated rings. The topological polar surface area (TPSA) is 60.5 Å². The highest BCUT2D eigenvalue weighted by Crippen LogP contribution is 2.20. The van der Waals surface area contributed by atoms with Crippen molar-refractivity contribution in [2.45, 2.75) is 6.42 Å². The Kier molecular flexibility index (Phi) is 3.71. The van der Waals surface area contributed by atoms with Crippen molar-refractivity contribution in [3.05, 3.63) is 28.0 Å². The van der Waals surface area contributed by atoms with E-state index in [1.807, 2.05) is 12.1 Å². The highest BCUT2D eigenvalue weighted by Gasteiger charge is 2.08. The van der Waals surface area contributed by atoms with Gasteiger partial charge < -0.3 is 0 Å². The minimum absolute atomic E-state index is 0.223. The number of nitrogens with zero attached hydrogens (tertiary/aromatic N) is 3. The van der Waals surface area contributed by atoms with Gasteiger partial charge in [0.25, 0.3) is 0 Å². The molecule has 0 aliphatic rings. The number of nitriles is 2. The summed E-state index contributed by atoms with van der Waals surface area (Å²) in [5.74, 6) is -0.672. The highest BCUT2D eigenvalue weighted by molar-refractivity contribution is 6.41. The molecule has 0 radical (unpaired) electrons.